The largest absolute Gasteiger partial charge is 0.338 e. The summed E-state index contributed by atoms with van der Waals surface area (Å²) in [7, 11) is 0. The van der Waals surface area contributed by atoms with Gasteiger partial charge in [-0.25, -0.2) is 0 Å². The van der Waals surface area contributed by atoms with E-state index in [1.807, 2.05) is 22.7 Å². The molecular weight excluding hydrogens is 194 g/mol. The van der Waals surface area contributed by atoms with E-state index in [1.165, 1.54) is 10.5 Å². The Bertz CT molecular complexity index is 351. The number of hydrogen-bond acceptors (Lipinski definition) is 2. The maximum atomic E-state index is 11.3. The number of rotatable bonds is 0. The predicted octanol–water partition coefficient (Wildman–Crippen LogP) is 2.14. The first kappa shape index (κ1) is 9.59. The molecule has 1 heterocycles. The van der Waals surface area contributed by atoms with Crippen molar-refractivity contribution < 1.29 is 4.79 Å². The topological polar surface area (TPSA) is 20.3 Å². The van der Waals surface area contributed by atoms with Crippen LogP contribution in [0.5, 0.6) is 0 Å². The third-order valence-corrected chi connectivity index (χ3v) is 3.49. The van der Waals surface area contributed by atoms with E-state index >= 15 is 0 Å². The lowest BCUT2D eigenvalue weighted by atomic mass is 10.2. The summed E-state index contributed by atoms with van der Waals surface area (Å²) >= 11 is 1.84. The number of benzene rings is 1. The monoisotopic (exact) mass is 207 g/mol. The highest BCUT2D eigenvalue weighted by atomic mass is 32.2. The van der Waals surface area contributed by atoms with E-state index in [-0.39, 0.29) is 5.91 Å². The van der Waals surface area contributed by atoms with Gasteiger partial charge in [0.25, 0.3) is 0 Å². The van der Waals surface area contributed by atoms with Crippen LogP contribution in [-0.4, -0.2) is 23.1 Å². The van der Waals surface area contributed by atoms with Crippen LogP contribution >= 0.6 is 11.8 Å². The van der Waals surface area contributed by atoms with Crippen molar-refractivity contribution in [1.29, 1.82) is 0 Å². The fourth-order valence-corrected chi connectivity index (χ4v) is 2.62. The van der Waals surface area contributed by atoms with Gasteiger partial charge >= 0.3 is 0 Å². The molecular formula is C11H13NOS. The van der Waals surface area contributed by atoms with E-state index < -0.39 is 0 Å². The van der Waals surface area contributed by atoms with Crippen LogP contribution in [0.15, 0.2) is 29.2 Å². The Balaban J connectivity index is 2.26. The van der Waals surface area contributed by atoms with E-state index in [4.69, 9.17) is 0 Å². The summed E-state index contributed by atoms with van der Waals surface area (Å²) in [5, 5.41) is 0. The molecule has 1 aromatic rings. The quantitative estimate of drug-likeness (QED) is 0.649. The molecule has 0 saturated carbocycles. The second-order valence-electron chi connectivity index (χ2n) is 3.40. The van der Waals surface area contributed by atoms with Gasteiger partial charge in [-0.3, -0.25) is 4.79 Å². The summed E-state index contributed by atoms with van der Waals surface area (Å²) in [6.45, 7) is 3.26. The minimum Gasteiger partial charge on any atom is -0.338 e. The van der Waals surface area contributed by atoms with Gasteiger partial charge in [0.1, 0.15) is 0 Å². The van der Waals surface area contributed by atoms with E-state index in [0.717, 1.165) is 18.8 Å². The molecule has 74 valence electrons. The number of nitrogens with zero attached hydrogens (tertiary/aromatic N) is 1. The van der Waals surface area contributed by atoms with Gasteiger partial charge in [-0.2, -0.15) is 0 Å². The lowest BCUT2D eigenvalue weighted by Gasteiger charge is -2.17. The molecule has 0 fully saturated rings. The molecule has 2 rings (SSSR count). The molecule has 2 nitrogen and oxygen atoms in total. The molecule has 1 amide bonds. The number of carbonyl (C=O) groups is 1. The van der Waals surface area contributed by atoms with Gasteiger partial charge in [-0.1, -0.05) is 18.2 Å². The Hall–Kier alpha value is -0.960. The fourth-order valence-electron chi connectivity index (χ4n) is 1.59. The molecule has 1 aromatic carbocycles. The van der Waals surface area contributed by atoms with Crippen molar-refractivity contribution in [2.24, 2.45) is 0 Å². The van der Waals surface area contributed by atoms with Crippen molar-refractivity contribution in [3.8, 4) is 0 Å². The second kappa shape index (κ2) is 4.05. The van der Waals surface area contributed by atoms with E-state index in [1.54, 1.807) is 6.92 Å². The van der Waals surface area contributed by atoms with Gasteiger partial charge in [0.15, 0.2) is 0 Å². The van der Waals surface area contributed by atoms with Crippen molar-refractivity contribution in [2.75, 3.05) is 12.3 Å². The van der Waals surface area contributed by atoms with Crippen LogP contribution in [0.4, 0.5) is 0 Å². The minimum absolute atomic E-state index is 0.169. The zero-order valence-electron chi connectivity index (χ0n) is 8.19. The summed E-state index contributed by atoms with van der Waals surface area (Å²) in [5.74, 6) is 1.17. The van der Waals surface area contributed by atoms with Crippen LogP contribution in [0, 0.1) is 0 Å². The smallest absolute Gasteiger partial charge is 0.219 e. The van der Waals surface area contributed by atoms with E-state index in [2.05, 4.69) is 18.2 Å². The molecule has 0 aromatic heterocycles. The third kappa shape index (κ3) is 1.93. The normalized spacial score (nSPS) is 15.9. The van der Waals surface area contributed by atoms with Crippen molar-refractivity contribution >= 4 is 17.7 Å². The lowest BCUT2D eigenvalue weighted by molar-refractivity contribution is -0.129. The van der Waals surface area contributed by atoms with E-state index in [9.17, 15) is 4.79 Å². The second-order valence-corrected chi connectivity index (χ2v) is 4.53. The molecule has 0 bridgehead atoms. The number of amides is 1. The summed E-state index contributed by atoms with van der Waals surface area (Å²) < 4.78 is 0. The van der Waals surface area contributed by atoms with Crippen LogP contribution in [-0.2, 0) is 11.3 Å². The lowest BCUT2D eigenvalue weighted by Crippen LogP contribution is -2.29. The minimum atomic E-state index is 0.169. The Morgan fingerprint density at radius 1 is 1.43 bits per heavy atom. The van der Waals surface area contributed by atoms with Crippen LogP contribution in [0.25, 0.3) is 0 Å². The average molecular weight is 207 g/mol. The molecule has 3 heteroatoms. The zero-order chi connectivity index (χ0) is 9.97. The molecule has 0 aliphatic carbocycles. The molecule has 1 aliphatic heterocycles. The molecule has 0 atom stereocenters. The predicted molar refractivity (Wildman–Crippen MR) is 58.3 cm³/mol. The summed E-state index contributed by atoms with van der Waals surface area (Å²) in [6.07, 6.45) is 0. The summed E-state index contributed by atoms with van der Waals surface area (Å²) in [5.41, 5.74) is 1.27. The first-order valence-electron chi connectivity index (χ1n) is 4.73. The molecule has 14 heavy (non-hydrogen) atoms. The van der Waals surface area contributed by atoms with Crippen LogP contribution < -0.4 is 0 Å². The highest BCUT2D eigenvalue weighted by molar-refractivity contribution is 7.99. The van der Waals surface area contributed by atoms with Gasteiger partial charge in [0, 0.05) is 30.7 Å². The summed E-state index contributed by atoms with van der Waals surface area (Å²) in [6, 6.07) is 8.31. The average Bonchev–Trinajstić information content (AvgIpc) is 2.39. The first-order chi connectivity index (χ1) is 6.77. The molecule has 0 saturated heterocycles. The molecule has 0 radical (unpaired) electrons. The Morgan fingerprint density at radius 2 is 2.21 bits per heavy atom. The number of hydrogen-bond donors (Lipinski definition) is 0. The Kier molecular flexibility index (Phi) is 2.77. The number of thioether (sulfide) groups is 1. The molecule has 0 spiro atoms. The van der Waals surface area contributed by atoms with E-state index in [0.29, 0.717) is 0 Å². The van der Waals surface area contributed by atoms with Gasteiger partial charge in [0.2, 0.25) is 5.91 Å². The highest BCUT2D eigenvalue weighted by Crippen LogP contribution is 2.26. The van der Waals surface area contributed by atoms with Crippen molar-refractivity contribution in [1.82, 2.24) is 4.90 Å². The van der Waals surface area contributed by atoms with Crippen LogP contribution in [0.1, 0.15) is 12.5 Å². The maximum absolute atomic E-state index is 11.3. The summed E-state index contributed by atoms with van der Waals surface area (Å²) in [4.78, 5) is 14.5. The highest BCUT2D eigenvalue weighted by Gasteiger charge is 2.15. The fraction of sp³-hybridized carbons (Fsp3) is 0.364. The Labute approximate surface area is 88.3 Å². The van der Waals surface area contributed by atoms with Crippen molar-refractivity contribution in [3.63, 3.8) is 0 Å². The molecule has 0 N–H and O–H groups in total. The zero-order valence-corrected chi connectivity index (χ0v) is 9.01. The SMILES string of the molecule is CC(=O)N1CCSc2ccccc2C1. The maximum Gasteiger partial charge on any atom is 0.219 e. The molecule has 1 aliphatic rings. The van der Waals surface area contributed by atoms with Gasteiger partial charge < -0.3 is 4.90 Å². The standard InChI is InChI=1S/C11H13NOS/c1-9(13)12-6-7-14-11-5-3-2-4-10(11)8-12/h2-5H,6-8H2,1H3. The van der Waals surface area contributed by atoms with Crippen LogP contribution in [0.2, 0.25) is 0 Å². The Morgan fingerprint density at radius 3 is 3.00 bits per heavy atom. The number of fused-ring (bicyclic) bond motifs is 1. The molecule has 0 unspecified atom stereocenters. The van der Waals surface area contributed by atoms with Gasteiger partial charge in [0.05, 0.1) is 0 Å². The first-order valence-corrected chi connectivity index (χ1v) is 5.72. The van der Waals surface area contributed by atoms with Crippen molar-refractivity contribution in [2.45, 2.75) is 18.4 Å². The van der Waals surface area contributed by atoms with Gasteiger partial charge in [-0.05, 0) is 11.6 Å². The number of carbonyl (C=O) groups excluding carboxylic acids is 1. The third-order valence-electron chi connectivity index (χ3n) is 2.40. The van der Waals surface area contributed by atoms with Crippen LogP contribution in [0.3, 0.4) is 0 Å². The van der Waals surface area contributed by atoms with Gasteiger partial charge in [-0.15, -0.1) is 11.8 Å². The van der Waals surface area contributed by atoms with Crippen molar-refractivity contribution in [3.05, 3.63) is 29.8 Å².